The minimum atomic E-state index is -0.894. The molecule has 0 saturated carbocycles. The van der Waals surface area contributed by atoms with Gasteiger partial charge in [-0.25, -0.2) is 9.59 Å². The lowest BCUT2D eigenvalue weighted by Crippen LogP contribution is -2.37. The Labute approximate surface area is 225 Å². The summed E-state index contributed by atoms with van der Waals surface area (Å²) in [6.07, 6.45) is 5.11. The maximum Gasteiger partial charge on any atom is 0.414 e. The smallest absolute Gasteiger partial charge is 0.414 e. The van der Waals surface area contributed by atoms with Crippen LogP contribution in [0.25, 0.3) is 6.08 Å². The second-order valence-corrected chi connectivity index (χ2v) is 11.4. The molecule has 1 fully saturated rings. The van der Waals surface area contributed by atoms with E-state index in [9.17, 15) is 14.4 Å². The molecule has 0 unspecified atom stereocenters. The maximum atomic E-state index is 13.4. The zero-order valence-electron chi connectivity index (χ0n) is 24.0. The number of esters is 1. The molecule has 0 aliphatic carbocycles. The van der Waals surface area contributed by atoms with Gasteiger partial charge in [-0.2, -0.15) is 0 Å². The van der Waals surface area contributed by atoms with Gasteiger partial charge in [-0.15, -0.1) is 0 Å². The average molecular weight is 528 g/mol. The molecular weight excluding hydrogens is 486 g/mol. The van der Waals surface area contributed by atoms with Crippen LogP contribution in [0.4, 0.5) is 10.5 Å². The lowest BCUT2D eigenvalue weighted by atomic mass is 9.97. The van der Waals surface area contributed by atoms with Crippen LogP contribution >= 0.6 is 0 Å². The van der Waals surface area contributed by atoms with Crippen LogP contribution in [0.1, 0.15) is 83.3 Å². The summed E-state index contributed by atoms with van der Waals surface area (Å²) in [6.45, 7) is 16.8. The number of hydrogen-bond acceptors (Lipinski definition) is 7. The highest BCUT2D eigenvalue weighted by Crippen LogP contribution is 2.33. The molecule has 0 spiro atoms. The summed E-state index contributed by atoms with van der Waals surface area (Å²) in [4.78, 5) is 40.8. The van der Waals surface area contributed by atoms with Gasteiger partial charge in [0.25, 0.3) is 0 Å². The normalized spacial score (nSPS) is 27.4. The molecule has 1 saturated heterocycles. The summed E-state index contributed by atoms with van der Waals surface area (Å²) in [7, 11) is 0. The number of carbonyl (C=O) groups is 3. The summed E-state index contributed by atoms with van der Waals surface area (Å²) < 4.78 is 23.4. The number of ether oxygens (including phenoxy) is 4. The van der Waals surface area contributed by atoms with Gasteiger partial charge < -0.3 is 18.9 Å². The first-order chi connectivity index (χ1) is 17.6. The third-order valence-corrected chi connectivity index (χ3v) is 6.52. The van der Waals surface area contributed by atoms with E-state index in [1.165, 1.54) is 11.0 Å². The van der Waals surface area contributed by atoms with E-state index in [0.29, 0.717) is 35.3 Å². The fourth-order valence-corrected chi connectivity index (χ4v) is 4.51. The van der Waals surface area contributed by atoms with Gasteiger partial charge in [0.05, 0.1) is 11.7 Å². The van der Waals surface area contributed by atoms with Crippen molar-refractivity contribution in [1.82, 2.24) is 0 Å². The second-order valence-electron chi connectivity index (χ2n) is 11.4. The first-order valence-electron chi connectivity index (χ1n) is 13.2. The van der Waals surface area contributed by atoms with Crippen LogP contribution in [-0.2, 0) is 23.7 Å². The van der Waals surface area contributed by atoms with Crippen LogP contribution < -0.4 is 4.90 Å². The molecule has 2 aliphatic heterocycles. The molecule has 38 heavy (non-hydrogen) atoms. The molecule has 8 heteroatoms. The van der Waals surface area contributed by atoms with E-state index in [1.54, 1.807) is 39.0 Å². The number of carbonyl (C=O) groups excluding carboxylic acids is 3. The summed E-state index contributed by atoms with van der Waals surface area (Å²) in [5, 5.41) is 0. The van der Waals surface area contributed by atoms with E-state index in [4.69, 9.17) is 18.9 Å². The topological polar surface area (TPSA) is 91.4 Å². The summed E-state index contributed by atoms with van der Waals surface area (Å²) in [6, 6.07) is 3.58. The number of nitrogens with zero attached hydrogens (tertiary/aromatic N) is 1. The Bertz CT molecular complexity index is 1130. The molecule has 208 valence electrons. The molecule has 1 aromatic carbocycles. The van der Waals surface area contributed by atoms with Crippen molar-refractivity contribution in [3.63, 3.8) is 0 Å². The van der Waals surface area contributed by atoms with Crippen LogP contribution in [0.5, 0.6) is 0 Å². The van der Waals surface area contributed by atoms with E-state index < -0.39 is 41.8 Å². The van der Waals surface area contributed by atoms with E-state index in [0.717, 1.165) is 0 Å². The second kappa shape index (κ2) is 11.4. The molecule has 1 amide bonds. The molecule has 0 N–H and O–H groups in total. The van der Waals surface area contributed by atoms with Crippen molar-refractivity contribution in [2.24, 2.45) is 5.92 Å². The van der Waals surface area contributed by atoms with Gasteiger partial charge in [-0.3, -0.25) is 9.69 Å². The van der Waals surface area contributed by atoms with E-state index in [1.807, 2.05) is 53.7 Å². The number of hydrogen-bond donors (Lipinski definition) is 0. The SMILES string of the molecule is CCN(C(=O)OC(C)(C)C)c1cc(C)c2c(c1)/C=C/C[C@@H]1OC(C)(C)O[C@@H]1C(=O)/C=C\[C@@H](C)[C@H](C)OC2=O. The fourth-order valence-electron chi connectivity index (χ4n) is 4.51. The van der Waals surface area contributed by atoms with Crippen LogP contribution in [-0.4, -0.2) is 54.1 Å². The first kappa shape index (κ1) is 29.6. The lowest BCUT2D eigenvalue weighted by molar-refractivity contribution is -0.152. The number of ketones is 1. The first-order valence-corrected chi connectivity index (χ1v) is 13.2. The van der Waals surface area contributed by atoms with Crippen LogP contribution in [0.15, 0.2) is 30.4 Å². The minimum Gasteiger partial charge on any atom is -0.458 e. The monoisotopic (exact) mass is 527 g/mol. The Kier molecular flexibility index (Phi) is 8.89. The number of amides is 1. The van der Waals surface area contributed by atoms with Crippen molar-refractivity contribution in [2.75, 3.05) is 11.4 Å². The van der Waals surface area contributed by atoms with Crippen molar-refractivity contribution in [3.8, 4) is 0 Å². The third kappa shape index (κ3) is 7.11. The summed E-state index contributed by atoms with van der Waals surface area (Å²) in [5.74, 6) is -1.76. The van der Waals surface area contributed by atoms with Crippen LogP contribution in [0.3, 0.4) is 0 Å². The number of aryl methyl sites for hydroxylation is 1. The highest BCUT2D eigenvalue weighted by Gasteiger charge is 2.43. The molecule has 3 rings (SSSR count). The number of rotatable bonds is 2. The summed E-state index contributed by atoms with van der Waals surface area (Å²) in [5.41, 5.74) is 1.65. The van der Waals surface area contributed by atoms with Gasteiger partial charge >= 0.3 is 12.1 Å². The lowest BCUT2D eigenvalue weighted by Gasteiger charge is -2.27. The Balaban J connectivity index is 2.07. The molecule has 2 heterocycles. The molecule has 0 bridgehead atoms. The molecule has 2 aliphatic rings. The molecule has 1 aromatic rings. The Morgan fingerprint density at radius 2 is 1.82 bits per heavy atom. The van der Waals surface area contributed by atoms with Gasteiger partial charge in [-0.1, -0.05) is 25.2 Å². The van der Waals surface area contributed by atoms with Crippen molar-refractivity contribution in [3.05, 3.63) is 47.1 Å². The number of cyclic esters (lactones) is 1. The quantitative estimate of drug-likeness (QED) is 0.436. The maximum absolute atomic E-state index is 13.4. The van der Waals surface area contributed by atoms with Gasteiger partial charge in [0.2, 0.25) is 0 Å². The van der Waals surface area contributed by atoms with Crippen molar-refractivity contribution < 1.29 is 33.3 Å². The Hall–Kier alpha value is -2.97. The van der Waals surface area contributed by atoms with Crippen molar-refractivity contribution >= 4 is 29.6 Å². The standard InChI is InChI=1S/C30H41NO7/c1-10-31(28(34)38-29(5,6)7)22-16-19(3)25-21(17-22)12-11-13-24-26(37-30(8,9)36-24)23(32)15-14-18(2)20(4)35-27(25)33/h11-12,14-18,20,24,26H,10,13H2,1-9H3/b12-11+,15-14-/t18-,20+,24+,26-/m1/s1. The van der Waals surface area contributed by atoms with Crippen molar-refractivity contribution in [1.29, 1.82) is 0 Å². The largest absolute Gasteiger partial charge is 0.458 e. The molecular formula is C30H41NO7. The van der Waals surface area contributed by atoms with Crippen LogP contribution in [0, 0.1) is 12.8 Å². The van der Waals surface area contributed by atoms with E-state index >= 15 is 0 Å². The van der Waals surface area contributed by atoms with Gasteiger partial charge in [0, 0.05) is 18.2 Å². The Morgan fingerprint density at radius 1 is 1.13 bits per heavy atom. The van der Waals surface area contributed by atoms with Gasteiger partial charge in [0.15, 0.2) is 11.6 Å². The highest BCUT2D eigenvalue weighted by molar-refractivity contribution is 5.98. The van der Waals surface area contributed by atoms with Crippen molar-refractivity contribution in [2.45, 2.75) is 98.4 Å². The molecule has 0 aromatic heterocycles. The molecule has 0 radical (unpaired) electrons. The average Bonchev–Trinajstić information content (AvgIpc) is 3.09. The summed E-state index contributed by atoms with van der Waals surface area (Å²) >= 11 is 0. The van der Waals surface area contributed by atoms with Gasteiger partial charge in [0.1, 0.15) is 17.8 Å². The van der Waals surface area contributed by atoms with E-state index in [-0.39, 0.29) is 11.7 Å². The third-order valence-electron chi connectivity index (χ3n) is 6.52. The zero-order chi connectivity index (χ0) is 28.4. The predicted octanol–water partition coefficient (Wildman–Crippen LogP) is 6.00. The van der Waals surface area contributed by atoms with Gasteiger partial charge in [-0.05, 0) is 91.1 Å². The minimum absolute atomic E-state index is 0.189. The zero-order valence-corrected chi connectivity index (χ0v) is 24.0. The number of anilines is 1. The molecule has 8 nitrogen and oxygen atoms in total. The van der Waals surface area contributed by atoms with E-state index in [2.05, 4.69) is 0 Å². The Morgan fingerprint density at radius 3 is 2.45 bits per heavy atom. The fraction of sp³-hybridized carbons (Fsp3) is 0.567. The van der Waals surface area contributed by atoms with Crippen LogP contribution in [0.2, 0.25) is 0 Å². The number of benzene rings is 1. The molecule has 4 atom stereocenters. The number of fused-ring (bicyclic) bond motifs is 2. The predicted molar refractivity (Wildman–Crippen MR) is 146 cm³/mol. The highest BCUT2D eigenvalue weighted by atomic mass is 16.8.